The van der Waals surface area contributed by atoms with Gasteiger partial charge in [0.15, 0.2) is 0 Å². The third-order valence-electron chi connectivity index (χ3n) is 1.63. The van der Waals surface area contributed by atoms with Crippen LogP contribution in [0.25, 0.3) is 0 Å². The van der Waals surface area contributed by atoms with Gasteiger partial charge in [-0.1, -0.05) is 18.2 Å². The Morgan fingerprint density at radius 1 is 1.36 bits per heavy atom. The van der Waals surface area contributed by atoms with Gasteiger partial charge in [0.25, 0.3) is 0 Å². The lowest BCUT2D eigenvalue weighted by atomic mass is 10.1. The smallest absolute Gasteiger partial charge is 0.316 e. The quantitative estimate of drug-likeness (QED) is 0.730. The fourth-order valence-corrected chi connectivity index (χ4v) is 1.10. The van der Waals surface area contributed by atoms with E-state index < -0.39 is 11.9 Å². The van der Waals surface area contributed by atoms with Crippen molar-refractivity contribution in [2.24, 2.45) is 5.73 Å². The van der Waals surface area contributed by atoms with Gasteiger partial charge in [0.2, 0.25) is 5.91 Å². The highest BCUT2D eigenvalue weighted by molar-refractivity contribution is 5.90. The van der Waals surface area contributed by atoms with Crippen molar-refractivity contribution in [1.82, 2.24) is 5.73 Å². The van der Waals surface area contributed by atoms with Crippen LogP contribution in [0.3, 0.4) is 0 Å². The molecule has 0 aromatic heterocycles. The molecule has 1 radical (unpaired) electrons. The average Bonchev–Trinajstić information content (AvgIpc) is 2.06. The standard InChI is InChI=1S/C9H10N3O2/c10-8(13)5-6-3-1-2-4-7(6)12-9(11)14/h1-4,10H,5H2,(H3,11,12,14). The fraction of sp³-hybridized carbons (Fsp3) is 0.111. The number of nitrogens with one attached hydrogen (secondary N) is 2. The summed E-state index contributed by atoms with van der Waals surface area (Å²) < 4.78 is 0. The van der Waals surface area contributed by atoms with Crippen LogP contribution in [0.4, 0.5) is 10.5 Å². The van der Waals surface area contributed by atoms with Crippen LogP contribution in [-0.2, 0) is 11.2 Å². The molecule has 0 unspecified atom stereocenters. The van der Waals surface area contributed by atoms with Gasteiger partial charge in [0.1, 0.15) is 0 Å². The Labute approximate surface area is 81.1 Å². The van der Waals surface area contributed by atoms with Gasteiger partial charge < -0.3 is 11.1 Å². The minimum atomic E-state index is -0.705. The SMILES string of the molecule is [NH]C(=O)Cc1ccccc1NC(N)=O. The summed E-state index contributed by atoms with van der Waals surface area (Å²) in [6.07, 6.45) is -0.0313. The number of carbonyl (C=O) groups is 2. The maximum Gasteiger partial charge on any atom is 0.316 e. The van der Waals surface area contributed by atoms with E-state index in [1.54, 1.807) is 24.3 Å². The highest BCUT2D eigenvalue weighted by Gasteiger charge is 2.05. The van der Waals surface area contributed by atoms with Crippen molar-refractivity contribution in [3.63, 3.8) is 0 Å². The van der Waals surface area contributed by atoms with Crippen LogP contribution < -0.4 is 16.8 Å². The summed E-state index contributed by atoms with van der Waals surface area (Å²) in [5.74, 6) is -0.705. The van der Waals surface area contributed by atoms with E-state index in [0.717, 1.165) is 0 Å². The van der Waals surface area contributed by atoms with Gasteiger partial charge in [0.05, 0.1) is 6.42 Å². The van der Waals surface area contributed by atoms with Crippen molar-refractivity contribution in [3.05, 3.63) is 29.8 Å². The summed E-state index contributed by atoms with van der Waals surface area (Å²) >= 11 is 0. The maximum absolute atomic E-state index is 10.6. The summed E-state index contributed by atoms with van der Waals surface area (Å²) in [6.45, 7) is 0. The Morgan fingerprint density at radius 3 is 2.57 bits per heavy atom. The van der Waals surface area contributed by atoms with E-state index in [1.807, 2.05) is 0 Å². The molecule has 1 aromatic carbocycles. The maximum atomic E-state index is 10.6. The van der Waals surface area contributed by atoms with Gasteiger partial charge in [-0.05, 0) is 11.6 Å². The predicted octanol–water partition coefficient (Wildman–Crippen LogP) is 0.529. The number of para-hydroxylation sites is 1. The summed E-state index contributed by atoms with van der Waals surface area (Å²) in [5.41, 5.74) is 12.8. The molecule has 3 amide bonds. The van der Waals surface area contributed by atoms with E-state index >= 15 is 0 Å². The van der Waals surface area contributed by atoms with Gasteiger partial charge in [-0.15, -0.1) is 0 Å². The van der Waals surface area contributed by atoms with E-state index in [-0.39, 0.29) is 6.42 Å². The molecule has 1 rings (SSSR count). The Morgan fingerprint density at radius 2 is 2.00 bits per heavy atom. The van der Waals surface area contributed by atoms with Gasteiger partial charge >= 0.3 is 6.03 Å². The molecule has 0 bridgehead atoms. The first-order valence-corrected chi connectivity index (χ1v) is 3.98. The number of nitrogens with two attached hydrogens (primary N) is 1. The van der Waals surface area contributed by atoms with E-state index in [4.69, 9.17) is 11.5 Å². The molecule has 14 heavy (non-hydrogen) atoms. The van der Waals surface area contributed by atoms with Crippen LogP contribution in [0.1, 0.15) is 5.56 Å². The molecule has 0 saturated heterocycles. The number of carbonyl (C=O) groups excluding carboxylic acids is 2. The van der Waals surface area contributed by atoms with Crippen LogP contribution in [0, 0.1) is 0 Å². The number of primary amides is 1. The zero-order chi connectivity index (χ0) is 10.6. The summed E-state index contributed by atoms with van der Waals surface area (Å²) in [7, 11) is 0. The van der Waals surface area contributed by atoms with Crippen LogP contribution >= 0.6 is 0 Å². The van der Waals surface area contributed by atoms with Crippen molar-refractivity contribution >= 4 is 17.6 Å². The van der Waals surface area contributed by atoms with Crippen molar-refractivity contribution in [3.8, 4) is 0 Å². The minimum absolute atomic E-state index is 0.0313. The fourth-order valence-electron chi connectivity index (χ4n) is 1.10. The normalized spacial score (nSPS) is 9.43. The zero-order valence-corrected chi connectivity index (χ0v) is 7.41. The van der Waals surface area contributed by atoms with Crippen LogP contribution in [-0.4, -0.2) is 11.9 Å². The molecule has 0 heterocycles. The lowest BCUT2D eigenvalue weighted by Crippen LogP contribution is -2.20. The Balaban J connectivity index is 2.90. The molecule has 0 atom stereocenters. The molecular weight excluding hydrogens is 182 g/mol. The second kappa shape index (κ2) is 4.27. The van der Waals surface area contributed by atoms with Gasteiger partial charge in [-0.2, -0.15) is 0 Å². The molecule has 0 spiro atoms. The van der Waals surface area contributed by atoms with Crippen molar-refractivity contribution in [2.45, 2.75) is 6.42 Å². The predicted molar refractivity (Wildman–Crippen MR) is 51.5 cm³/mol. The summed E-state index contributed by atoms with van der Waals surface area (Å²) in [4.78, 5) is 21.2. The molecule has 4 N–H and O–H groups in total. The third-order valence-corrected chi connectivity index (χ3v) is 1.63. The lowest BCUT2D eigenvalue weighted by molar-refractivity contribution is -0.118. The molecular formula is C9H10N3O2. The molecule has 0 aliphatic rings. The molecule has 0 saturated carbocycles. The molecule has 1 aromatic rings. The van der Waals surface area contributed by atoms with Gasteiger partial charge in [0, 0.05) is 5.69 Å². The number of anilines is 1. The number of rotatable bonds is 3. The second-order valence-electron chi connectivity index (χ2n) is 2.75. The molecule has 5 nitrogen and oxygen atoms in total. The Hall–Kier alpha value is -2.04. The largest absolute Gasteiger partial charge is 0.351 e. The molecule has 0 aliphatic heterocycles. The summed E-state index contributed by atoms with van der Waals surface area (Å²) in [5, 5.41) is 2.38. The first-order valence-electron chi connectivity index (χ1n) is 3.98. The Kier molecular flexibility index (Phi) is 3.06. The topological polar surface area (TPSA) is 96.0 Å². The van der Waals surface area contributed by atoms with Crippen LogP contribution in [0.2, 0.25) is 0 Å². The number of amides is 3. The average molecular weight is 192 g/mol. The van der Waals surface area contributed by atoms with Crippen LogP contribution in [0.15, 0.2) is 24.3 Å². The molecule has 0 aliphatic carbocycles. The monoisotopic (exact) mass is 192 g/mol. The van der Waals surface area contributed by atoms with Gasteiger partial charge in [-0.25, -0.2) is 4.79 Å². The number of benzene rings is 1. The zero-order valence-electron chi connectivity index (χ0n) is 7.41. The Bertz CT molecular complexity index is 328. The molecule has 73 valence electrons. The number of urea groups is 1. The van der Waals surface area contributed by atoms with E-state index in [2.05, 4.69) is 5.32 Å². The number of hydrogen-bond donors (Lipinski definition) is 2. The molecule has 0 fully saturated rings. The van der Waals surface area contributed by atoms with Crippen LogP contribution in [0.5, 0.6) is 0 Å². The third kappa shape index (κ3) is 2.78. The van der Waals surface area contributed by atoms with Crippen molar-refractivity contribution < 1.29 is 9.59 Å². The minimum Gasteiger partial charge on any atom is -0.351 e. The van der Waals surface area contributed by atoms with Crippen molar-refractivity contribution in [2.75, 3.05) is 5.32 Å². The van der Waals surface area contributed by atoms with Gasteiger partial charge in [-0.3, -0.25) is 10.5 Å². The number of hydrogen-bond acceptors (Lipinski definition) is 2. The van der Waals surface area contributed by atoms with E-state index in [1.165, 1.54) is 0 Å². The second-order valence-corrected chi connectivity index (χ2v) is 2.75. The van der Waals surface area contributed by atoms with E-state index in [0.29, 0.717) is 11.3 Å². The van der Waals surface area contributed by atoms with E-state index in [9.17, 15) is 9.59 Å². The highest BCUT2D eigenvalue weighted by Crippen LogP contribution is 2.14. The van der Waals surface area contributed by atoms with Crippen molar-refractivity contribution in [1.29, 1.82) is 0 Å². The first kappa shape index (κ1) is 10.0. The highest BCUT2D eigenvalue weighted by atomic mass is 16.2. The first-order chi connectivity index (χ1) is 6.59. The summed E-state index contributed by atoms with van der Waals surface area (Å²) in [6, 6.07) is 6.05. The lowest BCUT2D eigenvalue weighted by Gasteiger charge is -2.06. The molecule has 5 heteroatoms.